The number of hydrogen-bond acceptors (Lipinski definition) is 4. The number of aryl methyl sites for hydroxylation is 4. The molecule has 4 aromatic rings. The minimum atomic E-state index is -0.754. The fraction of sp³-hybridized carbons (Fsp3) is 0.263. The number of carbonyl (C=O) groups is 1. The van der Waals surface area contributed by atoms with Gasteiger partial charge < -0.3 is 10.3 Å². The molecule has 0 saturated carbocycles. The van der Waals surface area contributed by atoms with E-state index in [2.05, 4.69) is 17.1 Å². The Bertz CT molecular complexity index is 1320. The molecule has 0 saturated heterocycles. The monoisotopic (exact) mass is 380 g/mol. The second kappa shape index (κ2) is 6.52. The number of nitrogens with two attached hydrogens (primary N) is 1. The van der Waals surface area contributed by atoms with Crippen molar-refractivity contribution in [1.82, 2.24) is 23.1 Å². The molecule has 3 heterocycles. The average Bonchev–Trinajstić information content (AvgIpc) is 3.17. The molecule has 0 atom stereocenters. The molecule has 0 aliphatic heterocycles. The minimum Gasteiger partial charge on any atom is -0.368 e. The molecule has 3 aromatic heterocycles. The fourth-order valence-electron chi connectivity index (χ4n) is 3.51. The van der Waals surface area contributed by atoms with Crippen molar-refractivity contribution in [1.29, 1.82) is 0 Å². The number of rotatable bonds is 5. The van der Waals surface area contributed by atoms with Gasteiger partial charge in [-0.3, -0.25) is 18.6 Å². The third kappa shape index (κ3) is 2.72. The topological polar surface area (TPSA) is 109 Å². The molecule has 0 aliphatic carbocycles. The van der Waals surface area contributed by atoms with Crippen LogP contribution in [0.4, 0.5) is 0 Å². The third-order valence-electron chi connectivity index (χ3n) is 4.92. The second-order valence-corrected chi connectivity index (χ2v) is 6.81. The summed E-state index contributed by atoms with van der Waals surface area (Å²) in [6.45, 7) is 2.15. The molecule has 1 aromatic carbocycles. The van der Waals surface area contributed by atoms with Crippen LogP contribution in [0.3, 0.4) is 0 Å². The molecule has 4 rings (SSSR count). The zero-order valence-corrected chi connectivity index (χ0v) is 15.6. The van der Waals surface area contributed by atoms with E-state index in [1.807, 2.05) is 35.9 Å². The Labute approximate surface area is 159 Å². The number of amides is 1. The zero-order chi connectivity index (χ0) is 20.0. The van der Waals surface area contributed by atoms with Crippen LogP contribution >= 0.6 is 0 Å². The van der Waals surface area contributed by atoms with Gasteiger partial charge in [-0.05, 0) is 18.9 Å². The van der Waals surface area contributed by atoms with Crippen LogP contribution in [0, 0.1) is 6.92 Å². The summed E-state index contributed by atoms with van der Waals surface area (Å²) in [6.07, 6.45) is 2.62. The maximum atomic E-state index is 12.9. The van der Waals surface area contributed by atoms with Gasteiger partial charge in [-0.2, -0.15) is 4.98 Å². The molecule has 0 radical (unpaired) electrons. The number of benzene rings is 1. The van der Waals surface area contributed by atoms with Crippen molar-refractivity contribution in [2.45, 2.75) is 26.4 Å². The van der Waals surface area contributed by atoms with Gasteiger partial charge in [-0.1, -0.05) is 30.3 Å². The summed E-state index contributed by atoms with van der Waals surface area (Å²) >= 11 is 0. The van der Waals surface area contributed by atoms with Crippen molar-refractivity contribution in [2.75, 3.05) is 0 Å². The Balaban J connectivity index is 1.90. The number of carbonyl (C=O) groups excluding carboxylic acids is 1. The lowest BCUT2D eigenvalue weighted by Gasteiger charge is -2.06. The number of primary amides is 1. The van der Waals surface area contributed by atoms with E-state index in [0.29, 0.717) is 12.3 Å². The average molecular weight is 380 g/mol. The highest BCUT2D eigenvalue weighted by molar-refractivity contribution is 5.77. The first-order valence-electron chi connectivity index (χ1n) is 8.88. The normalized spacial score (nSPS) is 11.5. The number of aromatic nitrogens is 5. The van der Waals surface area contributed by atoms with E-state index in [4.69, 9.17) is 5.73 Å². The molecule has 144 valence electrons. The van der Waals surface area contributed by atoms with Crippen molar-refractivity contribution < 1.29 is 4.79 Å². The van der Waals surface area contributed by atoms with Crippen LogP contribution in [-0.2, 0) is 31.4 Å². The van der Waals surface area contributed by atoms with E-state index in [1.54, 1.807) is 4.40 Å². The Morgan fingerprint density at radius 2 is 1.86 bits per heavy atom. The van der Waals surface area contributed by atoms with Crippen molar-refractivity contribution >= 4 is 22.8 Å². The molecule has 0 unspecified atom stereocenters. The number of imidazole rings is 2. The van der Waals surface area contributed by atoms with Crippen LogP contribution in [0.5, 0.6) is 0 Å². The summed E-state index contributed by atoms with van der Waals surface area (Å²) in [5.74, 6) is -0.178. The Kier molecular flexibility index (Phi) is 4.14. The Morgan fingerprint density at radius 3 is 2.54 bits per heavy atom. The summed E-state index contributed by atoms with van der Waals surface area (Å²) in [5, 5.41) is 0. The van der Waals surface area contributed by atoms with Crippen LogP contribution in [0.1, 0.15) is 11.3 Å². The van der Waals surface area contributed by atoms with E-state index < -0.39 is 23.7 Å². The van der Waals surface area contributed by atoms with E-state index >= 15 is 0 Å². The van der Waals surface area contributed by atoms with E-state index in [0.717, 1.165) is 16.7 Å². The van der Waals surface area contributed by atoms with E-state index in [-0.39, 0.29) is 11.2 Å². The fourth-order valence-corrected chi connectivity index (χ4v) is 3.51. The highest BCUT2D eigenvalue weighted by Gasteiger charge is 2.20. The largest absolute Gasteiger partial charge is 0.368 e. The molecule has 0 aliphatic rings. The summed E-state index contributed by atoms with van der Waals surface area (Å²) in [5.41, 5.74) is 6.66. The molecule has 1 amide bonds. The molecular weight excluding hydrogens is 360 g/mol. The number of fused-ring (bicyclic) bond motifs is 3. The van der Waals surface area contributed by atoms with Crippen molar-refractivity contribution in [3.63, 3.8) is 0 Å². The molecule has 9 nitrogen and oxygen atoms in total. The lowest BCUT2D eigenvalue weighted by Crippen LogP contribution is -2.42. The smallest absolute Gasteiger partial charge is 0.332 e. The molecular formula is C19H20N6O3. The van der Waals surface area contributed by atoms with E-state index in [1.165, 1.54) is 17.2 Å². The van der Waals surface area contributed by atoms with Gasteiger partial charge in [0.25, 0.3) is 5.56 Å². The van der Waals surface area contributed by atoms with Gasteiger partial charge in [0.1, 0.15) is 6.54 Å². The summed E-state index contributed by atoms with van der Waals surface area (Å²) in [6, 6.07) is 10.1. The lowest BCUT2D eigenvalue weighted by molar-refractivity contribution is -0.118. The predicted molar refractivity (Wildman–Crippen MR) is 104 cm³/mol. The van der Waals surface area contributed by atoms with Crippen molar-refractivity contribution in [3.8, 4) is 0 Å². The minimum absolute atomic E-state index is 0.250. The van der Waals surface area contributed by atoms with Crippen molar-refractivity contribution in [2.24, 2.45) is 12.8 Å². The van der Waals surface area contributed by atoms with Gasteiger partial charge in [0.2, 0.25) is 11.7 Å². The zero-order valence-electron chi connectivity index (χ0n) is 15.6. The third-order valence-corrected chi connectivity index (χ3v) is 4.92. The SMILES string of the molecule is Cc1cn2c3c(=O)n(CC(N)=O)c(=O)n(C)c3nc2n1CCc1ccccc1. The highest BCUT2D eigenvalue weighted by Crippen LogP contribution is 2.17. The first-order chi connectivity index (χ1) is 13.4. The molecule has 0 spiro atoms. The van der Waals surface area contributed by atoms with Crippen LogP contribution in [0.15, 0.2) is 46.1 Å². The molecule has 9 heteroatoms. The van der Waals surface area contributed by atoms with Crippen molar-refractivity contribution in [3.05, 3.63) is 68.6 Å². The van der Waals surface area contributed by atoms with E-state index in [9.17, 15) is 14.4 Å². The maximum Gasteiger partial charge on any atom is 0.332 e. The van der Waals surface area contributed by atoms with Gasteiger partial charge in [0, 0.05) is 25.5 Å². The molecule has 28 heavy (non-hydrogen) atoms. The van der Waals surface area contributed by atoms with Crippen LogP contribution in [-0.4, -0.2) is 29.0 Å². The van der Waals surface area contributed by atoms with Gasteiger partial charge in [0.05, 0.1) is 0 Å². The van der Waals surface area contributed by atoms with Gasteiger partial charge >= 0.3 is 5.69 Å². The lowest BCUT2D eigenvalue weighted by atomic mass is 10.1. The predicted octanol–water partition coefficient (Wildman–Crippen LogP) is 0.186. The number of nitrogens with zero attached hydrogens (tertiary/aromatic N) is 5. The van der Waals surface area contributed by atoms with Gasteiger partial charge in [-0.25, -0.2) is 9.36 Å². The van der Waals surface area contributed by atoms with Gasteiger partial charge in [0.15, 0.2) is 11.2 Å². The Morgan fingerprint density at radius 1 is 1.14 bits per heavy atom. The first-order valence-corrected chi connectivity index (χ1v) is 8.88. The Hall–Kier alpha value is -3.62. The van der Waals surface area contributed by atoms with Crippen LogP contribution in [0.2, 0.25) is 0 Å². The number of hydrogen-bond donors (Lipinski definition) is 1. The van der Waals surface area contributed by atoms with Crippen LogP contribution in [0.25, 0.3) is 16.9 Å². The maximum absolute atomic E-state index is 12.9. The summed E-state index contributed by atoms with van der Waals surface area (Å²) in [4.78, 5) is 41.2. The molecule has 0 fully saturated rings. The highest BCUT2D eigenvalue weighted by atomic mass is 16.2. The molecule has 0 bridgehead atoms. The first kappa shape index (κ1) is 17.8. The van der Waals surface area contributed by atoms with Crippen LogP contribution < -0.4 is 17.0 Å². The van der Waals surface area contributed by atoms with Gasteiger partial charge in [-0.15, -0.1) is 0 Å². The summed E-state index contributed by atoms with van der Waals surface area (Å²) in [7, 11) is 1.52. The standard InChI is InChI=1S/C19H20N6O3/c1-12-10-24-15-16(22(2)19(28)25(17(15)27)11-14(20)26)21-18(24)23(12)9-8-13-6-4-3-5-7-13/h3-7,10H,8-9,11H2,1-2H3,(H2,20,26). The quantitative estimate of drug-likeness (QED) is 0.533. The second-order valence-electron chi connectivity index (χ2n) is 6.81. The summed E-state index contributed by atoms with van der Waals surface area (Å²) < 4.78 is 5.79. The molecule has 2 N–H and O–H groups in total.